The summed E-state index contributed by atoms with van der Waals surface area (Å²) in [6, 6.07) is 15.5. The summed E-state index contributed by atoms with van der Waals surface area (Å²) in [5.74, 6) is 1.29. The Balaban J connectivity index is 2.12. The normalized spacial score (nSPS) is 17.1. The highest BCUT2D eigenvalue weighted by Gasteiger charge is 2.46. The Morgan fingerprint density at radius 1 is 0.900 bits per heavy atom. The molecule has 5 heteroatoms. The maximum absolute atomic E-state index is 10.3. The van der Waals surface area contributed by atoms with Crippen molar-refractivity contribution in [3.05, 3.63) is 81.9 Å². The summed E-state index contributed by atoms with van der Waals surface area (Å²) >= 11 is 0. The summed E-state index contributed by atoms with van der Waals surface area (Å²) in [5.41, 5.74) is 5.19. The molecule has 0 spiro atoms. The van der Waals surface area contributed by atoms with Crippen molar-refractivity contribution in [1.29, 1.82) is 0 Å². The number of hydrogen-bond donors (Lipinski definition) is 3. The van der Waals surface area contributed by atoms with Crippen LogP contribution in [-0.2, 0) is 10.3 Å². The monoisotopic (exact) mass is 405 g/mol. The second-order valence-electron chi connectivity index (χ2n) is 7.70. The van der Waals surface area contributed by atoms with E-state index in [-0.39, 0.29) is 5.75 Å². The first kappa shape index (κ1) is 20.3. The molecule has 0 amide bonds. The third-order valence-corrected chi connectivity index (χ3v) is 5.78. The fourth-order valence-corrected chi connectivity index (χ4v) is 4.32. The lowest BCUT2D eigenvalue weighted by molar-refractivity contribution is -0.0820. The van der Waals surface area contributed by atoms with E-state index in [1.54, 1.807) is 6.07 Å². The average Bonchev–Trinajstić information content (AvgIpc) is 2.71. The fraction of sp³-hybridized carbons (Fsp3) is 0.280. The first-order valence-electron chi connectivity index (χ1n) is 10.1. The molecule has 156 valence electrons. The van der Waals surface area contributed by atoms with Crippen molar-refractivity contribution >= 4 is 5.69 Å². The lowest BCUT2D eigenvalue weighted by atomic mass is 9.75. The number of ether oxygens (including phenoxy) is 2. The highest BCUT2D eigenvalue weighted by molar-refractivity contribution is 5.69. The molecule has 3 aromatic carbocycles. The second-order valence-corrected chi connectivity index (χ2v) is 7.70. The number of aliphatic hydroxyl groups is 1. The minimum atomic E-state index is -1.07. The van der Waals surface area contributed by atoms with Crippen LogP contribution in [0.3, 0.4) is 0 Å². The van der Waals surface area contributed by atoms with E-state index in [9.17, 15) is 10.2 Å². The van der Waals surface area contributed by atoms with E-state index < -0.39 is 12.4 Å². The molecule has 5 nitrogen and oxygen atoms in total. The van der Waals surface area contributed by atoms with Crippen molar-refractivity contribution in [1.82, 2.24) is 0 Å². The van der Waals surface area contributed by atoms with Crippen molar-refractivity contribution < 1.29 is 19.7 Å². The summed E-state index contributed by atoms with van der Waals surface area (Å²) in [4.78, 5) is 0. The Morgan fingerprint density at radius 2 is 1.57 bits per heavy atom. The quantitative estimate of drug-likeness (QED) is 0.515. The van der Waals surface area contributed by atoms with Crippen LogP contribution in [0.4, 0.5) is 5.69 Å². The van der Waals surface area contributed by atoms with Gasteiger partial charge in [-0.2, -0.15) is 0 Å². The van der Waals surface area contributed by atoms with Gasteiger partial charge in [0.25, 0.3) is 0 Å². The number of aliphatic hydroxyl groups excluding tert-OH is 1. The fourth-order valence-electron chi connectivity index (χ4n) is 4.32. The number of phenols is 1. The highest BCUT2D eigenvalue weighted by atomic mass is 16.6. The Morgan fingerprint density at radius 3 is 2.23 bits per heavy atom. The van der Waals surface area contributed by atoms with Crippen LogP contribution in [0.2, 0.25) is 0 Å². The van der Waals surface area contributed by atoms with Gasteiger partial charge in [0.15, 0.2) is 5.60 Å². The van der Waals surface area contributed by atoms with E-state index in [1.165, 1.54) is 0 Å². The third kappa shape index (κ3) is 3.02. The van der Waals surface area contributed by atoms with Crippen LogP contribution in [0.25, 0.3) is 0 Å². The van der Waals surface area contributed by atoms with Gasteiger partial charge in [-0.15, -0.1) is 0 Å². The van der Waals surface area contributed by atoms with Crippen LogP contribution < -0.4 is 10.1 Å². The van der Waals surface area contributed by atoms with E-state index in [2.05, 4.69) is 11.4 Å². The van der Waals surface area contributed by atoms with Crippen molar-refractivity contribution in [2.75, 3.05) is 18.7 Å². The largest absolute Gasteiger partial charge is 0.508 e. The lowest BCUT2D eigenvalue weighted by Crippen LogP contribution is -2.37. The Bertz CT molecular complexity index is 1110. The molecule has 3 aromatic rings. The zero-order valence-corrected chi connectivity index (χ0v) is 17.7. The molecular weight excluding hydrogens is 378 g/mol. The maximum Gasteiger partial charge on any atom is 0.154 e. The number of benzene rings is 3. The Labute approximate surface area is 176 Å². The minimum Gasteiger partial charge on any atom is -0.508 e. The summed E-state index contributed by atoms with van der Waals surface area (Å²) in [7, 11) is 0. The van der Waals surface area contributed by atoms with Crippen LogP contribution in [-0.4, -0.2) is 23.6 Å². The van der Waals surface area contributed by atoms with E-state index in [0.29, 0.717) is 17.1 Å². The van der Waals surface area contributed by atoms with Crippen LogP contribution in [0, 0.1) is 20.8 Å². The van der Waals surface area contributed by atoms with Crippen LogP contribution in [0.15, 0.2) is 48.5 Å². The molecule has 0 bridgehead atoms. The SMILES string of the molecule is CCNc1cc2c(cc1C)C(OCO)(c1ccccc1C)c1cc(C)c(O)cc1O2. The predicted octanol–water partition coefficient (Wildman–Crippen LogP) is 5.11. The van der Waals surface area contributed by atoms with Gasteiger partial charge < -0.3 is 25.0 Å². The van der Waals surface area contributed by atoms with Crippen LogP contribution >= 0.6 is 0 Å². The summed E-state index contributed by atoms with van der Waals surface area (Å²) in [5, 5.41) is 23.7. The molecule has 0 radical (unpaired) electrons. The van der Waals surface area contributed by atoms with Gasteiger partial charge in [0, 0.05) is 35.5 Å². The third-order valence-electron chi connectivity index (χ3n) is 5.78. The molecule has 0 fully saturated rings. The van der Waals surface area contributed by atoms with Gasteiger partial charge in [-0.3, -0.25) is 0 Å². The number of anilines is 1. The van der Waals surface area contributed by atoms with Crippen molar-refractivity contribution in [2.45, 2.75) is 33.3 Å². The van der Waals surface area contributed by atoms with Crippen molar-refractivity contribution in [2.24, 2.45) is 0 Å². The number of aromatic hydroxyl groups is 1. The number of aryl methyl sites for hydroxylation is 3. The van der Waals surface area contributed by atoms with E-state index >= 15 is 0 Å². The number of rotatable bonds is 5. The summed E-state index contributed by atoms with van der Waals surface area (Å²) in [6.07, 6.45) is 0. The minimum absolute atomic E-state index is 0.152. The van der Waals surface area contributed by atoms with Crippen LogP contribution in [0.1, 0.15) is 40.3 Å². The Kier molecular flexibility index (Phi) is 5.18. The van der Waals surface area contributed by atoms with Gasteiger partial charge in [0.05, 0.1) is 0 Å². The number of fused-ring (bicyclic) bond motifs is 2. The predicted molar refractivity (Wildman–Crippen MR) is 117 cm³/mol. The van der Waals surface area contributed by atoms with Crippen LogP contribution in [0.5, 0.6) is 17.2 Å². The zero-order valence-electron chi connectivity index (χ0n) is 17.7. The van der Waals surface area contributed by atoms with Gasteiger partial charge in [0.2, 0.25) is 0 Å². The summed E-state index contributed by atoms with van der Waals surface area (Å²) < 4.78 is 12.5. The van der Waals surface area contributed by atoms with E-state index in [1.807, 2.05) is 64.1 Å². The molecule has 0 aromatic heterocycles. The smallest absolute Gasteiger partial charge is 0.154 e. The molecule has 1 unspecified atom stereocenters. The molecule has 0 saturated heterocycles. The van der Waals surface area contributed by atoms with Crippen molar-refractivity contribution in [3.8, 4) is 17.2 Å². The molecular formula is C25H27NO4. The van der Waals surface area contributed by atoms with Crippen molar-refractivity contribution in [3.63, 3.8) is 0 Å². The standard InChI is InChI=1S/C25H27NO4/c1-5-26-21-12-23-19(10-16(21)3)25(29-14-27,18-9-7-6-8-15(18)2)20-11-17(4)22(28)13-24(20)30-23/h6-13,26-28H,5,14H2,1-4H3. The maximum atomic E-state index is 10.3. The molecule has 1 aliphatic heterocycles. The molecule has 30 heavy (non-hydrogen) atoms. The molecule has 0 aliphatic carbocycles. The molecule has 1 atom stereocenters. The molecule has 3 N–H and O–H groups in total. The first-order valence-corrected chi connectivity index (χ1v) is 10.1. The van der Waals surface area contributed by atoms with Gasteiger partial charge in [-0.05, 0) is 62.1 Å². The van der Waals surface area contributed by atoms with Gasteiger partial charge in [-0.25, -0.2) is 0 Å². The number of nitrogens with one attached hydrogen (secondary N) is 1. The molecule has 4 rings (SSSR count). The lowest BCUT2D eigenvalue weighted by Gasteiger charge is -2.41. The molecule has 1 aliphatic rings. The van der Waals surface area contributed by atoms with E-state index in [0.717, 1.165) is 40.0 Å². The summed E-state index contributed by atoms with van der Waals surface area (Å²) in [6.45, 7) is 8.26. The average molecular weight is 405 g/mol. The van der Waals surface area contributed by atoms with E-state index in [4.69, 9.17) is 9.47 Å². The molecule has 1 heterocycles. The molecule has 0 saturated carbocycles. The number of hydrogen-bond acceptors (Lipinski definition) is 5. The highest BCUT2D eigenvalue weighted by Crippen LogP contribution is 2.55. The van der Waals surface area contributed by atoms with Gasteiger partial charge in [0.1, 0.15) is 24.0 Å². The zero-order chi connectivity index (χ0) is 21.5. The number of phenolic OH excluding ortho intramolecular Hbond substituents is 1. The first-order chi connectivity index (χ1) is 14.4. The van der Waals surface area contributed by atoms with Gasteiger partial charge in [-0.1, -0.05) is 24.3 Å². The topological polar surface area (TPSA) is 71.0 Å². The van der Waals surface area contributed by atoms with Gasteiger partial charge >= 0.3 is 0 Å². The second kappa shape index (κ2) is 7.67. The Hall–Kier alpha value is -3.02.